The molecule has 0 unspecified atom stereocenters. The highest BCUT2D eigenvalue weighted by Crippen LogP contribution is 2.15. The van der Waals surface area contributed by atoms with E-state index in [0.29, 0.717) is 5.39 Å². The number of hydrogen-bond donors (Lipinski definition) is 0. The van der Waals surface area contributed by atoms with E-state index in [4.69, 9.17) is 4.74 Å². The van der Waals surface area contributed by atoms with Gasteiger partial charge in [0.2, 0.25) is 0 Å². The predicted octanol–water partition coefficient (Wildman–Crippen LogP) is 1.58. The minimum Gasteiger partial charge on any atom is -0.443 e. The van der Waals surface area contributed by atoms with Gasteiger partial charge in [-0.3, -0.25) is 9.59 Å². The van der Waals surface area contributed by atoms with Gasteiger partial charge in [0.05, 0.1) is 10.1 Å². The number of fused-ring (bicyclic) bond motifs is 1. The quantitative estimate of drug-likeness (QED) is 0.726. The van der Waals surface area contributed by atoms with Gasteiger partial charge in [-0.25, -0.2) is 3.96 Å². The summed E-state index contributed by atoms with van der Waals surface area (Å²) in [4.78, 5) is 22.3. The molecule has 0 N–H and O–H groups in total. The molecule has 0 spiro atoms. The Morgan fingerprint density at radius 2 is 2.20 bits per heavy atom. The van der Waals surface area contributed by atoms with E-state index in [0.717, 1.165) is 4.70 Å². The topological polar surface area (TPSA) is 48.3 Å². The monoisotopic (exact) mass is 223 g/mol. The summed E-state index contributed by atoms with van der Waals surface area (Å²) in [7, 11) is 0. The summed E-state index contributed by atoms with van der Waals surface area (Å²) in [6, 6.07) is 7.31. The van der Waals surface area contributed by atoms with Gasteiger partial charge in [0, 0.05) is 6.92 Å². The Morgan fingerprint density at radius 3 is 2.87 bits per heavy atom. The third-order valence-electron chi connectivity index (χ3n) is 1.94. The van der Waals surface area contributed by atoms with Crippen LogP contribution in [0.25, 0.3) is 10.1 Å². The molecule has 1 aromatic heterocycles. The largest absolute Gasteiger partial charge is 0.443 e. The molecule has 5 heteroatoms. The zero-order valence-electron chi connectivity index (χ0n) is 8.10. The van der Waals surface area contributed by atoms with Crippen molar-refractivity contribution in [3.05, 3.63) is 34.6 Å². The number of aromatic nitrogens is 1. The SMILES string of the molecule is CC(=O)OCn1sc2ccccc2c1=O. The lowest BCUT2D eigenvalue weighted by molar-refractivity contribution is -0.144. The maximum Gasteiger partial charge on any atom is 0.304 e. The third kappa shape index (κ3) is 1.92. The Balaban J connectivity index is 2.40. The number of benzene rings is 1. The molecule has 78 valence electrons. The molecule has 1 heterocycles. The van der Waals surface area contributed by atoms with Gasteiger partial charge in [0.15, 0.2) is 6.73 Å². The second kappa shape index (κ2) is 3.86. The van der Waals surface area contributed by atoms with Crippen LogP contribution in [0, 0.1) is 0 Å². The van der Waals surface area contributed by atoms with Gasteiger partial charge in [-0.2, -0.15) is 0 Å². The molecule has 0 saturated heterocycles. The molecule has 0 atom stereocenters. The Bertz CT molecular complexity index is 555. The van der Waals surface area contributed by atoms with E-state index in [1.165, 1.54) is 22.4 Å². The van der Waals surface area contributed by atoms with Crippen LogP contribution < -0.4 is 5.56 Å². The lowest BCUT2D eigenvalue weighted by Crippen LogP contribution is -2.16. The zero-order chi connectivity index (χ0) is 10.8. The van der Waals surface area contributed by atoms with Crippen LogP contribution in [0.15, 0.2) is 29.1 Å². The molecule has 0 radical (unpaired) electrons. The van der Waals surface area contributed by atoms with Crippen LogP contribution in [-0.2, 0) is 16.3 Å². The van der Waals surface area contributed by atoms with Crippen molar-refractivity contribution >= 4 is 27.6 Å². The second-order valence-electron chi connectivity index (χ2n) is 3.04. The summed E-state index contributed by atoms with van der Waals surface area (Å²) in [5.74, 6) is -0.389. The summed E-state index contributed by atoms with van der Waals surface area (Å²) < 4.78 is 7.09. The fourth-order valence-corrected chi connectivity index (χ4v) is 2.17. The molecule has 4 nitrogen and oxygen atoms in total. The summed E-state index contributed by atoms with van der Waals surface area (Å²) in [6.07, 6.45) is 0. The first-order valence-electron chi connectivity index (χ1n) is 4.40. The lowest BCUT2D eigenvalue weighted by atomic mass is 10.3. The Hall–Kier alpha value is -1.62. The number of nitrogens with zero attached hydrogens (tertiary/aromatic N) is 1. The van der Waals surface area contributed by atoms with Crippen LogP contribution in [0.1, 0.15) is 6.92 Å². The van der Waals surface area contributed by atoms with E-state index < -0.39 is 0 Å². The van der Waals surface area contributed by atoms with Crippen molar-refractivity contribution in [2.45, 2.75) is 13.7 Å². The number of esters is 1. The van der Waals surface area contributed by atoms with E-state index >= 15 is 0 Å². The number of ether oxygens (including phenoxy) is 1. The average molecular weight is 223 g/mol. The first-order valence-corrected chi connectivity index (χ1v) is 5.18. The molecule has 0 amide bonds. The maximum absolute atomic E-state index is 11.7. The molecular weight excluding hydrogens is 214 g/mol. The molecule has 0 aliphatic carbocycles. The third-order valence-corrected chi connectivity index (χ3v) is 2.98. The van der Waals surface area contributed by atoms with Crippen molar-refractivity contribution in [3.63, 3.8) is 0 Å². The van der Waals surface area contributed by atoms with Crippen LogP contribution >= 0.6 is 11.5 Å². The molecule has 0 bridgehead atoms. The van der Waals surface area contributed by atoms with E-state index in [1.54, 1.807) is 6.07 Å². The molecule has 15 heavy (non-hydrogen) atoms. The smallest absolute Gasteiger partial charge is 0.304 e. The summed E-state index contributed by atoms with van der Waals surface area (Å²) in [5, 5.41) is 0.662. The van der Waals surface area contributed by atoms with Crippen molar-refractivity contribution in [2.75, 3.05) is 0 Å². The van der Waals surface area contributed by atoms with Gasteiger partial charge < -0.3 is 4.74 Å². The number of carbonyl (C=O) groups is 1. The van der Waals surface area contributed by atoms with E-state index in [-0.39, 0.29) is 18.3 Å². The molecule has 0 saturated carbocycles. The molecule has 0 aliphatic heterocycles. The first kappa shape index (κ1) is 9.92. The second-order valence-corrected chi connectivity index (χ2v) is 4.10. The normalized spacial score (nSPS) is 10.5. The summed E-state index contributed by atoms with van der Waals surface area (Å²) in [5.41, 5.74) is -0.114. The minimum atomic E-state index is -0.389. The van der Waals surface area contributed by atoms with Crippen LogP contribution in [0.2, 0.25) is 0 Å². The Morgan fingerprint density at radius 1 is 1.47 bits per heavy atom. The highest BCUT2D eigenvalue weighted by Gasteiger charge is 2.06. The van der Waals surface area contributed by atoms with Gasteiger partial charge >= 0.3 is 5.97 Å². The van der Waals surface area contributed by atoms with Crippen molar-refractivity contribution in [2.24, 2.45) is 0 Å². The molecular formula is C10H9NO3S. The fourth-order valence-electron chi connectivity index (χ4n) is 1.25. The minimum absolute atomic E-state index is 0.00644. The van der Waals surface area contributed by atoms with Crippen molar-refractivity contribution < 1.29 is 9.53 Å². The van der Waals surface area contributed by atoms with Crippen molar-refractivity contribution in [3.8, 4) is 0 Å². The fraction of sp³-hybridized carbons (Fsp3) is 0.200. The molecule has 2 aromatic rings. The highest BCUT2D eigenvalue weighted by atomic mass is 32.1. The summed E-state index contributed by atoms with van der Waals surface area (Å²) >= 11 is 1.29. The molecule has 0 fully saturated rings. The number of carbonyl (C=O) groups excluding carboxylic acids is 1. The number of rotatable bonds is 2. The molecule has 1 aromatic carbocycles. The maximum atomic E-state index is 11.7. The van der Waals surface area contributed by atoms with Crippen molar-refractivity contribution in [1.29, 1.82) is 0 Å². The highest BCUT2D eigenvalue weighted by molar-refractivity contribution is 7.13. The van der Waals surface area contributed by atoms with E-state index in [1.807, 2.05) is 18.2 Å². The van der Waals surface area contributed by atoms with E-state index in [9.17, 15) is 9.59 Å². The first-order chi connectivity index (χ1) is 7.18. The molecule has 0 aliphatic rings. The molecule has 2 rings (SSSR count). The van der Waals surface area contributed by atoms with E-state index in [2.05, 4.69) is 0 Å². The standard InChI is InChI=1S/C10H9NO3S/c1-7(12)14-6-11-10(13)8-4-2-3-5-9(8)15-11/h2-5H,6H2,1H3. The Kier molecular flexibility index (Phi) is 2.55. The van der Waals surface area contributed by atoms with Gasteiger partial charge in [-0.1, -0.05) is 23.7 Å². The van der Waals surface area contributed by atoms with Crippen LogP contribution in [0.4, 0.5) is 0 Å². The zero-order valence-corrected chi connectivity index (χ0v) is 8.91. The van der Waals surface area contributed by atoms with Gasteiger partial charge in [0.25, 0.3) is 5.56 Å². The van der Waals surface area contributed by atoms with Crippen molar-refractivity contribution in [1.82, 2.24) is 3.96 Å². The van der Waals surface area contributed by atoms with Crippen LogP contribution in [0.3, 0.4) is 0 Å². The predicted molar refractivity (Wildman–Crippen MR) is 57.9 cm³/mol. The van der Waals surface area contributed by atoms with Gasteiger partial charge in [0.1, 0.15) is 0 Å². The average Bonchev–Trinajstić information content (AvgIpc) is 2.54. The summed E-state index contributed by atoms with van der Waals surface area (Å²) in [6.45, 7) is 1.31. The Labute approximate surface area is 89.9 Å². The van der Waals surface area contributed by atoms with Crippen LogP contribution in [0.5, 0.6) is 0 Å². The van der Waals surface area contributed by atoms with Crippen LogP contribution in [-0.4, -0.2) is 9.93 Å². The van der Waals surface area contributed by atoms with Gasteiger partial charge in [-0.05, 0) is 12.1 Å². The van der Waals surface area contributed by atoms with Gasteiger partial charge in [-0.15, -0.1) is 0 Å². The lowest BCUT2D eigenvalue weighted by Gasteiger charge is -1.99. The number of hydrogen-bond acceptors (Lipinski definition) is 4.